The van der Waals surface area contributed by atoms with E-state index < -0.39 is 0 Å². The predicted octanol–water partition coefficient (Wildman–Crippen LogP) is 4.94. The number of hydrogen-bond acceptors (Lipinski definition) is 6. The molecule has 0 spiro atoms. The summed E-state index contributed by atoms with van der Waals surface area (Å²) in [4.78, 5) is 49.7. The van der Waals surface area contributed by atoms with Gasteiger partial charge in [0.2, 0.25) is 0 Å². The second-order valence-electron chi connectivity index (χ2n) is 10.1. The SMILES string of the molecule is O=C(NC1CC1)c1cc2c(s1)-c1ccccc1N(C(=O)c1cccc(N3CCOc4ccccc4C3=O)n1)CC2. The molecule has 4 heterocycles. The monoisotopic (exact) mass is 550 g/mol. The van der Waals surface area contributed by atoms with Gasteiger partial charge < -0.3 is 15.0 Å². The van der Waals surface area contributed by atoms with Crippen molar-refractivity contribution in [1.82, 2.24) is 10.3 Å². The number of aromatic nitrogens is 1. The molecule has 2 aliphatic heterocycles. The number of nitrogens with zero attached hydrogens (tertiary/aromatic N) is 3. The van der Waals surface area contributed by atoms with Crippen LogP contribution < -0.4 is 19.9 Å². The fourth-order valence-corrected chi connectivity index (χ4v) is 6.36. The summed E-state index contributed by atoms with van der Waals surface area (Å²) in [6.45, 7) is 1.09. The van der Waals surface area contributed by atoms with Crippen LogP contribution >= 0.6 is 11.3 Å². The fraction of sp³-hybridized carbons (Fsp3) is 0.226. The highest BCUT2D eigenvalue weighted by molar-refractivity contribution is 7.17. The number of para-hydroxylation sites is 2. The van der Waals surface area contributed by atoms with Gasteiger partial charge in [0.1, 0.15) is 23.9 Å². The second-order valence-corrected chi connectivity index (χ2v) is 11.2. The third-order valence-electron chi connectivity index (χ3n) is 7.40. The lowest BCUT2D eigenvalue weighted by atomic mass is 10.1. The van der Waals surface area contributed by atoms with Crippen LogP contribution in [0.1, 0.15) is 48.9 Å². The van der Waals surface area contributed by atoms with Crippen molar-refractivity contribution in [2.75, 3.05) is 29.5 Å². The highest BCUT2D eigenvalue weighted by Gasteiger charge is 2.31. The van der Waals surface area contributed by atoms with Crippen LogP contribution in [0.25, 0.3) is 10.4 Å². The van der Waals surface area contributed by atoms with E-state index in [4.69, 9.17) is 4.74 Å². The molecule has 2 aromatic heterocycles. The highest BCUT2D eigenvalue weighted by Crippen LogP contribution is 2.42. The lowest BCUT2D eigenvalue weighted by Crippen LogP contribution is -2.35. The molecule has 1 aliphatic carbocycles. The van der Waals surface area contributed by atoms with E-state index in [1.54, 1.807) is 46.2 Å². The smallest absolute Gasteiger partial charge is 0.276 e. The average molecular weight is 551 g/mol. The van der Waals surface area contributed by atoms with Gasteiger partial charge in [-0.05, 0) is 61.2 Å². The molecular formula is C31H26N4O4S. The third kappa shape index (κ3) is 4.42. The molecular weight excluding hydrogens is 524 g/mol. The Labute approximate surface area is 235 Å². The molecule has 0 bridgehead atoms. The Morgan fingerprint density at radius 3 is 2.60 bits per heavy atom. The molecule has 0 radical (unpaired) electrons. The minimum Gasteiger partial charge on any atom is -0.491 e. The van der Waals surface area contributed by atoms with E-state index in [1.165, 1.54) is 11.3 Å². The first-order chi connectivity index (χ1) is 19.6. The van der Waals surface area contributed by atoms with Crippen LogP contribution in [0.5, 0.6) is 5.75 Å². The van der Waals surface area contributed by atoms with Crippen molar-refractivity contribution in [2.45, 2.75) is 25.3 Å². The standard InChI is InChI=1S/C31H26N4O4S/c36-29(32-20-12-13-20)26-18-19-14-15-34(24-9-3-1-6-21(24)28(19)40-26)31(38)23-8-5-11-27(33-23)35-16-17-39-25-10-4-2-7-22(25)30(35)37/h1-11,18,20H,12-17H2,(H,32,36). The molecule has 9 heteroatoms. The summed E-state index contributed by atoms with van der Waals surface area (Å²) in [6.07, 6.45) is 2.69. The van der Waals surface area contributed by atoms with Crippen molar-refractivity contribution in [2.24, 2.45) is 0 Å². The number of anilines is 2. The van der Waals surface area contributed by atoms with Gasteiger partial charge in [-0.25, -0.2) is 4.98 Å². The number of hydrogen-bond donors (Lipinski definition) is 1. The number of thiophene rings is 1. The molecule has 0 unspecified atom stereocenters. The molecule has 1 fully saturated rings. The zero-order valence-electron chi connectivity index (χ0n) is 21.6. The molecule has 2 aromatic carbocycles. The number of nitrogens with one attached hydrogen (secondary N) is 1. The van der Waals surface area contributed by atoms with Gasteiger partial charge in [0.25, 0.3) is 17.7 Å². The molecule has 0 saturated heterocycles. The van der Waals surface area contributed by atoms with Crippen LogP contribution in [-0.4, -0.2) is 48.4 Å². The fourth-order valence-electron chi connectivity index (χ4n) is 5.22. The van der Waals surface area contributed by atoms with Gasteiger partial charge in [0.15, 0.2) is 0 Å². The van der Waals surface area contributed by atoms with Crippen molar-refractivity contribution in [3.8, 4) is 16.2 Å². The lowest BCUT2D eigenvalue weighted by molar-refractivity contribution is 0.0952. The van der Waals surface area contributed by atoms with E-state index in [-0.39, 0.29) is 23.4 Å². The normalized spacial score (nSPS) is 16.1. The number of benzene rings is 2. The van der Waals surface area contributed by atoms with Gasteiger partial charge in [-0.1, -0.05) is 36.4 Å². The number of carbonyl (C=O) groups excluding carboxylic acids is 3. The van der Waals surface area contributed by atoms with Gasteiger partial charge in [-0.2, -0.15) is 0 Å². The van der Waals surface area contributed by atoms with Crippen molar-refractivity contribution < 1.29 is 19.1 Å². The summed E-state index contributed by atoms with van der Waals surface area (Å²) in [5, 5.41) is 3.08. The number of rotatable bonds is 4. The van der Waals surface area contributed by atoms with E-state index in [0.717, 1.165) is 34.5 Å². The highest BCUT2D eigenvalue weighted by atomic mass is 32.1. The summed E-state index contributed by atoms with van der Waals surface area (Å²) in [6, 6.07) is 22.4. The zero-order valence-corrected chi connectivity index (χ0v) is 22.4. The Morgan fingerprint density at radius 1 is 0.950 bits per heavy atom. The second kappa shape index (κ2) is 9.91. The van der Waals surface area contributed by atoms with Gasteiger partial charge in [-0.3, -0.25) is 19.3 Å². The van der Waals surface area contributed by atoms with Gasteiger partial charge in [-0.15, -0.1) is 11.3 Å². The first kappa shape index (κ1) is 24.5. The van der Waals surface area contributed by atoms with Crippen LogP contribution in [0, 0.1) is 0 Å². The van der Waals surface area contributed by atoms with Crippen LogP contribution in [-0.2, 0) is 6.42 Å². The zero-order chi connectivity index (χ0) is 27.2. The number of pyridine rings is 1. The van der Waals surface area contributed by atoms with Crippen molar-refractivity contribution in [1.29, 1.82) is 0 Å². The van der Waals surface area contributed by atoms with E-state index in [0.29, 0.717) is 54.2 Å². The van der Waals surface area contributed by atoms with Gasteiger partial charge in [0, 0.05) is 23.0 Å². The number of carbonyl (C=O) groups is 3. The molecule has 8 nitrogen and oxygen atoms in total. The summed E-state index contributed by atoms with van der Waals surface area (Å²) in [5.74, 6) is 0.475. The number of amides is 3. The van der Waals surface area contributed by atoms with Crippen LogP contribution in [0.2, 0.25) is 0 Å². The number of fused-ring (bicyclic) bond motifs is 4. The Kier molecular flexibility index (Phi) is 6.08. The molecule has 3 aliphatic rings. The minimum absolute atomic E-state index is 0.0249. The Bertz CT molecular complexity index is 1660. The average Bonchev–Trinajstić information content (AvgIpc) is 3.75. The third-order valence-corrected chi connectivity index (χ3v) is 8.61. The van der Waals surface area contributed by atoms with E-state index in [1.807, 2.05) is 36.4 Å². The molecule has 200 valence electrons. The van der Waals surface area contributed by atoms with Crippen molar-refractivity contribution in [3.05, 3.63) is 94.5 Å². The minimum atomic E-state index is -0.241. The molecule has 3 amide bonds. The van der Waals surface area contributed by atoms with Crippen LogP contribution in [0.4, 0.5) is 11.5 Å². The number of ether oxygens (including phenoxy) is 1. The Balaban J connectivity index is 1.19. The summed E-state index contributed by atoms with van der Waals surface area (Å²) < 4.78 is 5.77. The molecule has 0 atom stereocenters. The predicted molar refractivity (Wildman–Crippen MR) is 153 cm³/mol. The first-order valence-electron chi connectivity index (χ1n) is 13.4. The molecule has 1 saturated carbocycles. The maximum absolute atomic E-state index is 13.9. The quantitative estimate of drug-likeness (QED) is 0.389. The van der Waals surface area contributed by atoms with Gasteiger partial charge >= 0.3 is 0 Å². The first-order valence-corrected chi connectivity index (χ1v) is 14.2. The maximum atomic E-state index is 13.9. The van der Waals surface area contributed by atoms with Crippen LogP contribution in [0.15, 0.2) is 72.8 Å². The van der Waals surface area contributed by atoms with E-state index in [2.05, 4.69) is 10.3 Å². The molecule has 40 heavy (non-hydrogen) atoms. The maximum Gasteiger partial charge on any atom is 0.276 e. The summed E-state index contributed by atoms with van der Waals surface area (Å²) in [7, 11) is 0. The summed E-state index contributed by atoms with van der Waals surface area (Å²) >= 11 is 1.48. The van der Waals surface area contributed by atoms with Crippen molar-refractivity contribution >= 4 is 40.6 Å². The van der Waals surface area contributed by atoms with Crippen LogP contribution in [0.3, 0.4) is 0 Å². The summed E-state index contributed by atoms with van der Waals surface area (Å²) in [5.41, 5.74) is 3.49. The van der Waals surface area contributed by atoms with E-state index in [9.17, 15) is 14.4 Å². The van der Waals surface area contributed by atoms with E-state index >= 15 is 0 Å². The topological polar surface area (TPSA) is 91.8 Å². The molecule has 4 aromatic rings. The Hall–Kier alpha value is -4.50. The van der Waals surface area contributed by atoms with Crippen molar-refractivity contribution in [3.63, 3.8) is 0 Å². The molecule has 1 N–H and O–H groups in total. The lowest BCUT2D eigenvalue weighted by Gasteiger charge is -2.24. The van der Waals surface area contributed by atoms with Gasteiger partial charge in [0.05, 0.1) is 22.7 Å². The largest absolute Gasteiger partial charge is 0.491 e. The Morgan fingerprint density at radius 2 is 1.75 bits per heavy atom. The molecule has 7 rings (SSSR count).